The third kappa shape index (κ3) is 5.43. The number of carboxylic acid groups (broad SMARTS) is 1. The summed E-state index contributed by atoms with van der Waals surface area (Å²) in [6.07, 6.45) is 1.94. The Bertz CT molecular complexity index is 368. The second kappa shape index (κ2) is 7.68. The number of likely N-dealkylation sites (N-methyl/N-ethyl adjacent to an activating group) is 1. The van der Waals surface area contributed by atoms with Crippen LogP contribution >= 0.6 is 0 Å². The van der Waals surface area contributed by atoms with Crippen LogP contribution in [0.2, 0.25) is 0 Å². The van der Waals surface area contributed by atoms with Crippen LogP contribution in [0.5, 0.6) is 0 Å². The molecule has 0 bridgehead atoms. The number of rotatable bonds is 7. The first-order valence-corrected chi connectivity index (χ1v) is 6.65. The van der Waals surface area contributed by atoms with Crippen molar-refractivity contribution >= 4 is 17.9 Å². The quantitative estimate of drug-likeness (QED) is 0.558. The number of amides is 3. The zero-order valence-electron chi connectivity index (χ0n) is 11.7. The van der Waals surface area contributed by atoms with Crippen molar-refractivity contribution in [2.75, 3.05) is 33.2 Å². The van der Waals surface area contributed by atoms with Crippen molar-refractivity contribution in [1.82, 2.24) is 15.1 Å². The fraction of sp³-hybridized carbons (Fsp3) is 0.750. The van der Waals surface area contributed by atoms with Gasteiger partial charge in [-0.3, -0.25) is 4.79 Å². The van der Waals surface area contributed by atoms with E-state index < -0.39 is 30.4 Å². The highest BCUT2D eigenvalue weighted by molar-refractivity contribution is 5.87. The first-order valence-electron chi connectivity index (χ1n) is 6.65. The maximum atomic E-state index is 11.8. The summed E-state index contributed by atoms with van der Waals surface area (Å²) in [5, 5.41) is 11.2. The van der Waals surface area contributed by atoms with Crippen LogP contribution in [-0.4, -0.2) is 72.1 Å². The van der Waals surface area contributed by atoms with E-state index in [-0.39, 0.29) is 0 Å². The van der Waals surface area contributed by atoms with E-state index in [0.29, 0.717) is 6.54 Å². The Kier molecular flexibility index (Phi) is 6.23. The molecule has 0 unspecified atom stereocenters. The lowest BCUT2D eigenvalue weighted by molar-refractivity contribution is -0.140. The molecule has 114 valence electrons. The van der Waals surface area contributed by atoms with Crippen LogP contribution in [0.15, 0.2) is 0 Å². The van der Waals surface area contributed by atoms with Gasteiger partial charge >= 0.3 is 12.0 Å². The minimum Gasteiger partial charge on any atom is -0.480 e. The SMILES string of the molecule is CN(CCN1CCCC1)C(=O)N[C@@H](CC(N)=O)C(=O)O. The molecule has 1 heterocycles. The fourth-order valence-electron chi connectivity index (χ4n) is 2.06. The standard InChI is InChI=1S/C12H22N4O4/c1-15(6-7-16-4-2-3-5-16)12(20)14-9(11(18)19)8-10(13)17/h9H,2-8H2,1H3,(H2,13,17)(H,14,20)(H,18,19)/t9-/m0/s1. The molecule has 0 radical (unpaired) electrons. The van der Waals surface area contributed by atoms with E-state index in [9.17, 15) is 14.4 Å². The number of hydrogen-bond acceptors (Lipinski definition) is 4. The van der Waals surface area contributed by atoms with Gasteiger partial charge in [0.1, 0.15) is 6.04 Å². The van der Waals surface area contributed by atoms with Crippen LogP contribution in [0.3, 0.4) is 0 Å². The molecule has 0 aliphatic carbocycles. The topological polar surface area (TPSA) is 116 Å². The molecule has 1 aliphatic rings. The van der Waals surface area contributed by atoms with Gasteiger partial charge in [-0.25, -0.2) is 9.59 Å². The van der Waals surface area contributed by atoms with Gasteiger partial charge in [0.05, 0.1) is 6.42 Å². The zero-order chi connectivity index (χ0) is 15.1. The Morgan fingerprint density at radius 3 is 2.45 bits per heavy atom. The van der Waals surface area contributed by atoms with E-state index >= 15 is 0 Å². The predicted octanol–water partition coefficient (Wildman–Crippen LogP) is -0.948. The van der Waals surface area contributed by atoms with Crippen LogP contribution in [0.4, 0.5) is 4.79 Å². The second-order valence-corrected chi connectivity index (χ2v) is 4.98. The number of carbonyl (C=O) groups is 3. The van der Waals surface area contributed by atoms with Gasteiger partial charge in [0.15, 0.2) is 0 Å². The Labute approximate surface area is 117 Å². The number of carbonyl (C=O) groups excluding carboxylic acids is 2. The summed E-state index contributed by atoms with van der Waals surface area (Å²) in [6, 6.07) is -1.80. The molecule has 1 aliphatic heterocycles. The van der Waals surface area contributed by atoms with Crippen LogP contribution in [0.25, 0.3) is 0 Å². The summed E-state index contributed by atoms with van der Waals surface area (Å²) in [6.45, 7) is 3.34. The van der Waals surface area contributed by atoms with Crippen LogP contribution in [-0.2, 0) is 9.59 Å². The molecule has 3 amide bonds. The average molecular weight is 286 g/mol. The monoisotopic (exact) mass is 286 g/mol. The summed E-state index contributed by atoms with van der Waals surface area (Å²) < 4.78 is 0. The Hall–Kier alpha value is -1.83. The highest BCUT2D eigenvalue weighted by atomic mass is 16.4. The largest absolute Gasteiger partial charge is 0.480 e. The molecule has 0 saturated carbocycles. The summed E-state index contributed by atoms with van der Waals surface area (Å²) in [5.74, 6) is -2.04. The van der Waals surface area contributed by atoms with E-state index in [1.807, 2.05) is 0 Å². The van der Waals surface area contributed by atoms with E-state index in [1.54, 1.807) is 7.05 Å². The van der Waals surface area contributed by atoms with Crippen molar-refractivity contribution in [3.05, 3.63) is 0 Å². The lowest BCUT2D eigenvalue weighted by Crippen LogP contribution is -2.49. The smallest absolute Gasteiger partial charge is 0.326 e. The third-order valence-corrected chi connectivity index (χ3v) is 3.30. The van der Waals surface area contributed by atoms with Crippen molar-refractivity contribution < 1.29 is 19.5 Å². The van der Waals surface area contributed by atoms with E-state index in [1.165, 1.54) is 17.7 Å². The van der Waals surface area contributed by atoms with Crippen molar-refractivity contribution in [1.29, 1.82) is 0 Å². The number of aliphatic carboxylic acids is 1. The van der Waals surface area contributed by atoms with Gasteiger partial charge in [0.25, 0.3) is 0 Å². The van der Waals surface area contributed by atoms with Crippen molar-refractivity contribution in [2.24, 2.45) is 5.73 Å². The number of nitrogens with two attached hydrogens (primary N) is 1. The zero-order valence-corrected chi connectivity index (χ0v) is 11.7. The molecular formula is C12H22N4O4. The molecule has 1 saturated heterocycles. The molecular weight excluding hydrogens is 264 g/mol. The van der Waals surface area contributed by atoms with Crippen LogP contribution in [0.1, 0.15) is 19.3 Å². The Balaban J connectivity index is 2.37. The lowest BCUT2D eigenvalue weighted by atomic mass is 10.2. The third-order valence-electron chi connectivity index (χ3n) is 3.30. The van der Waals surface area contributed by atoms with E-state index in [2.05, 4.69) is 10.2 Å². The second-order valence-electron chi connectivity index (χ2n) is 4.98. The molecule has 1 rings (SSSR count). The summed E-state index contributed by atoms with van der Waals surface area (Å²) in [4.78, 5) is 37.2. The molecule has 4 N–H and O–H groups in total. The minimum atomic E-state index is -1.28. The molecule has 0 aromatic rings. The van der Waals surface area contributed by atoms with Crippen molar-refractivity contribution in [3.8, 4) is 0 Å². The summed E-state index contributed by atoms with van der Waals surface area (Å²) in [7, 11) is 1.59. The average Bonchev–Trinajstić information content (AvgIpc) is 2.87. The molecule has 1 atom stereocenters. The van der Waals surface area contributed by atoms with Gasteiger partial charge in [0.2, 0.25) is 5.91 Å². The maximum absolute atomic E-state index is 11.8. The number of primary amides is 1. The number of nitrogens with zero attached hydrogens (tertiary/aromatic N) is 2. The molecule has 0 spiro atoms. The highest BCUT2D eigenvalue weighted by Gasteiger charge is 2.23. The minimum absolute atomic E-state index is 0.416. The maximum Gasteiger partial charge on any atom is 0.326 e. The predicted molar refractivity (Wildman–Crippen MR) is 72.1 cm³/mol. The van der Waals surface area contributed by atoms with E-state index in [4.69, 9.17) is 10.8 Å². The lowest BCUT2D eigenvalue weighted by Gasteiger charge is -2.23. The molecule has 0 aromatic heterocycles. The number of carboxylic acids is 1. The number of hydrogen-bond donors (Lipinski definition) is 3. The molecule has 1 fully saturated rings. The van der Waals surface area contributed by atoms with Crippen LogP contribution < -0.4 is 11.1 Å². The summed E-state index contributed by atoms with van der Waals surface area (Å²) in [5.41, 5.74) is 4.95. The Morgan fingerprint density at radius 2 is 1.95 bits per heavy atom. The van der Waals surface area contributed by atoms with Gasteiger partial charge in [-0.2, -0.15) is 0 Å². The first kappa shape index (κ1) is 16.2. The van der Waals surface area contributed by atoms with Gasteiger partial charge < -0.3 is 26.0 Å². The van der Waals surface area contributed by atoms with E-state index in [0.717, 1.165) is 19.6 Å². The Morgan fingerprint density at radius 1 is 1.35 bits per heavy atom. The first-order chi connectivity index (χ1) is 9.40. The number of urea groups is 1. The number of likely N-dealkylation sites (tertiary alicyclic amines) is 1. The molecule has 0 aromatic carbocycles. The molecule has 8 nitrogen and oxygen atoms in total. The van der Waals surface area contributed by atoms with Gasteiger partial charge in [-0.15, -0.1) is 0 Å². The fourth-order valence-corrected chi connectivity index (χ4v) is 2.06. The van der Waals surface area contributed by atoms with Gasteiger partial charge in [-0.05, 0) is 25.9 Å². The molecule has 8 heteroatoms. The summed E-state index contributed by atoms with van der Waals surface area (Å²) >= 11 is 0. The highest BCUT2D eigenvalue weighted by Crippen LogP contribution is 2.06. The van der Waals surface area contributed by atoms with Crippen molar-refractivity contribution in [2.45, 2.75) is 25.3 Å². The van der Waals surface area contributed by atoms with Crippen LogP contribution in [0, 0.1) is 0 Å². The number of nitrogens with one attached hydrogen (secondary N) is 1. The van der Waals surface area contributed by atoms with Gasteiger partial charge in [0, 0.05) is 20.1 Å². The van der Waals surface area contributed by atoms with Gasteiger partial charge in [-0.1, -0.05) is 0 Å². The van der Waals surface area contributed by atoms with Crippen molar-refractivity contribution in [3.63, 3.8) is 0 Å². The molecule has 20 heavy (non-hydrogen) atoms. The normalized spacial score (nSPS) is 16.6.